The molecule has 0 spiro atoms. The van der Waals surface area contributed by atoms with Crippen LogP contribution in [-0.2, 0) is 9.53 Å². The Labute approximate surface area is 88.5 Å². The smallest absolute Gasteiger partial charge is 0.315 e. The minimum atomic E-state index is -1.01. The van der Waals surface area contributed by atoms with Crippen molar-refractivity contribution in [3.63, 3.8) is 0 Å². The first-order valence-corrected chi connectivity index (χ1v) is 5.04. The zero-order valence-electron chi connectivity index (χ0n) is 8.28. The lowest BCUT2D eigenvalue weighted by molar-refractivity contribution is -0.150. The van der Waals surface area contributed by atoms with Gasteiger partial charge in [0.1, 0.15) is 9.75 Å². The largest absolute Gasteiger partial charge is 0.465 e. The van der Waals surface area contributed by atoms with Gasteiger partial charge in [0.15, 0.2) is 0 Å². The molecule has 76 valence electrons. The normalized spacial score (nSPS) is 34.0. The Morgan fingerprint density at radius 3 is 1.92 bits per heavy atom. The predicted molar refractivity (Wildman–Crippen MR) is 53.0 cm³/mol. The molecule has 1 unspecified atom stereocenters. The molecule has 1 aliphatic carbocycles. The maximum Gasteiger partial charge on any atom is 0.315 e. The van der Waals surface area contributed by atoms with Gasteiger partial charge in [0.25, 0.3) is 0 Å². The predicted octanol–water partition coefficient (Wildman–Crippen LogP) is 2.77. The molecule has 1 fully saturated rings. The Balaban J connectivity index is 2.88. The monoisotopic (exact) mass is 224 g/mol. The third-order valence-electron chi connectivity index (χ3n) is 3.28. The van der Waals surface area contributed by atoms with Crippen LogP contribution in [0.1, 0.15) is 27.7 Å². The van der Waals surface area contributed by atoms with Crippen molar-refractivity contribution >= 4 is 29.2 Å². The molecule has 1 saturated carbocycles. The molecule has 0 aromatic rings. The summed E-state index contributed by atoms with van der Waals surface area (Å²) in [5.74, 6) is -0.315. The number of hydrogen-bond donors (Lipinski definition) is 0. The Bertz CT molecular complexity index is 232. The van der Waals surface area contributed by atoms with Crippen LogP contribution in [0.4, 0.5) is 0 Å². The highest BCUT2D eigenvalue weighted by Crippen LogP contribution is 2.77. The van der Waals surface area contributed by atoms with E-state index in [1.807, 2.05) is 13.8 Å². The van der Waals surface area contributed by atoms with Gasteiger partial charge in [-0.05, 0) is 13.8 Å². The Morgan fingerprint density at radius 1 is 1.31 bits per heavy atom. The molecule has 0 amide bonds. The van der Waals surface area contributed by atoms with Gasteiger partial charge in [-0.15, -0.1) is 0 Å². The van der Waals surface area contributed by atoms with Crippen molar-refractivity contribution in [2.24, 2.45) is 10.8 Å². The number of carbonyl (C=O) groups excluding carboxylic acids is 1. The van der Waals surface area contributed by atoms with E-state index in [4.69, 9.17) is 27.9 Å². The van der Waals surface area contributed by atoms with E-state index in [2.05, 4.69) is 0 Å². The summed E-state index contributed by atoms with van der Waals surface area (Å²) in [6.07, 6.45) is 0. The molecule has 2 nitrogen and oxygen atoms in total. The molecule has 0 heterocycles. The number of carbonyl (C=O) groups is 1. The number of halogens is 2. The third kappa shape index (κ3) is 1.05. The van der Waals surface area contributed by atoms with Gasteiger partial charge in [-0.1, -0.05) is 37.0 Å². The second-order valence-corrected chi connectivity index (χ2v) is 5.37. The van der Waals surface area contributed by atoms with Gasteiger partial charge in [-0.3, -0.25) is 4.79 Å². The average Bonchev–Trinajstić information content (AvgIpc) is 2.31. The Kier molecular flexibility index (Phi) is 2.37. The van der Waals surface area contributed by atoms with Crippen LogP contribution in [0.3, 0.4) is 0 Å². The summed E-state index contributed by atoms with van der Waals surface area (Å²) in [6.45, 7) is 7.59. The van der Waals surface area contributed by atoms with E-state index in [1.165, 1.54) is 0 Å². The molecule has 0 aromatic carbocycles. The SMILES string of the molecule is CCOC(=O)C1(C)C(C)(C)C1(Cl)Cl. The summed E-state index contributed by atoms with van der Waals surface area (Å²) in [5, 5.41) is 0. The maximum absolute atomic E-state index is 11.6. The topological polar surface area (TPSA) is 26.3 Å². The van der Waals surface area contributed by atoms with Crippen molar-refractivity contribution in [1.29, 1.82) is 0 Å². The van der Waals surface area contributed by atoms with Gasteiger partial charge >= 0.3 is 5.97 Å². The van der Waals surface area contributed by atoms with Gasteiger partial charge in [0.05, 0.1) is 6.61 Å². The lowest BCUT2D eigenvalue weighted by Crippen LogP contribution is -2.22. The number of esters is 1. The van der Waals surface area contributed by atoms with E-state index in [9.17, 15) is 4.79 Å². The van der Waals surface area contributed by atoms with E-state index < -0.39 is 15.2 Å². The third-order valence-corrected chi connectivity index (χ3v) is 4.98. The van der Waals surface area contributed by atoms with E-state index in [1.54, 1.807) is 13.8 Å². The van der Waals surface area contributed by atoms with Crippen LogP contribution in [0.25, 0.3) is 0 Å². The molecule has 4 heteroatoms. The maximum atomic E-state index is 11.6. The first-order chi connectivity index (χ1) is 5.73. The molecule has 0 N–H and O–H groups in total. The highest BCUT2D eigenvalue weighted by atomic mass is 35.5. The average molecular weight is 225 g/mol. The van der Waals surface area contributed by atoms with Crippen LogP contribution < -0.4 is 0 Å². The molecule has 13 heavy (non-hydrogen) atoms. The number of ether oxygens (including phenoxy) is 1. The van der Waals surface area contributed by atoms with Crippen LogP contribution >= 0.6 is 23.2 Å². The number of hydrogen-bond acceptors (Lipinski definition) is 2. The fourth-order valence-corrected chi connectivity index (χ4v) is 2.54. The molecule has 0 saturated heterocycles. The van der Waals surface area contributed by atoms with Crippen molar-refractivity contribution in [3.05, 3.63) is 0 Å². The zero-order chi connectivity index (χ0) is 10.5. The van der Waals surface area contributed by atoms with Crippen molar-refractivity contribution in [1.82, 2.24) is 0 Å². The molecule has 0 bridgehead atoms. The number of alkyl halides is 2. The fourth-order valence-electron chi connectivity index (χ4n) is 1.63. The van der Waals surface area contributed by atoms with Crippen LogP contribution in [0.2, 0.25) is 0 Å². The standard InChI is InChI=1S/C9H14Cl2O2/c1-5-13-6(12)8(4)7(2,3)9(8,10)11/h5H2,1-4H3. The molecular formula is C9H14Cl2O2. The highest BCUT2D eigenvalue weighted by Gasteiger charge is 2.84. The van der Waals surface area contributed by atoms with Crippen LogP contribution in [-0.4, -0.2) is 16.9 Å². The van der Waals surface area contributed by atoms with Crippen molar-refractivity contribution in [2.45, 2.75) is 32.0 Å². The minimum Gasteiger partial charge on any atom is -0.465 e. The lowest BCUT2D eigenvalue weighted by atomic mass is 9.99. The second-order valence-electron chi connectivity index (χ2n) is 4.04. The Hall–Kier alpha value is 0.0500. The zero-order valence-corrected chi connectivity index (χ0v) is 9.79. The molecule has 0 radical (unpaired) electrons. The van der Waals surface area contributed by atoms with E-state index in [0.29, 0.717) is 6.61 Å². The molecule has 1 rings (SSSR count). The molecule has 1 atom stereocenters. The van der Waals surface area contributed by atoms with Gasteiger partial charge in [0, 0.05) is 5.41 Å². The first kappa shape index (κ1) is 11.1. The summed E-state index contributed by atoms with van der Waals surface area (Å²) in [7, 11) is 0. The van der Waals surface area contributed by atoms with Crippen molar-refractivity contribution in [3.8, 4) is 0 Å². The van der Waals surface area contributed by atoms with E-state index in [0.717, 1.165) is 0 Å². The van der Waals surface area contributed by atoms with Gasteiger partial charge < -0.3 is 4.74 Å². The van der Waals surface area contributed by atoms with Crippen LogP contribution in [0.5, 0.6) is 0 Å². The molecule has 1 aliphatic rings. The number of rotatable bonds is 2. The molecule has 0 aliphatic heterocycles. The van der Waals surface area contributed by atoms with E-state index in [-0.39, 0.29) is 5.97 Å². The van der Waals surface area contributed by atoms with E-state index >= 15 is 0 Å². The lowest BCUT2D eigenvalue weighted by Gasteiger charge is -2.11. The van der Waals surface area contributed by atoms with Gasteiger partial charge in [-0.25, -0.2) is 0 Å². The van der Waals surface area contributed by atoms with Crippen LogP contribution in [0, 0.1) is 10.8 Å². The van der Waals surface area contributed by atoms with Crippen molar-refractivity contribution < 1.29 is 9.53 Å². The second kappa shape index (κ2) is 2.77. The van der Waals surface area contributed by atoms with Gasteiger partial charge in [-0.2, -0.15) is 0 Å². The van der Waals surface area contributed by atoms with Crippen LogP contribution in [0.15, 0.2) is 0 Å². The fraction of sp³-hybridized carbons (Fsp3) is 0.889. The quantitative estimate of drug-likeness (QED) is 0.533. The Morgan fingerprint density at radius 2 is 1.69 bits per heavy atom. The summed E-state index contributed by atoms with van der Waals surface area (Å²) >= 11 is 12.1. The van der Waals surface area contributed by atoms with Gasteiger partial charge in [0.2, 0.25) is 0 Å². The van der Waals surface area contributed by atoms with Crippen molar-refractivity contribution in [2.75, 3.05) is 6.61 Å². The minimum absolute atomic E-state index is 0.315. The first-order valence-electron chi connectivity index (χ1n) is 4.28. The summed E-state index contributed by atoms with van der Waals surface area (Å²) in [6, 6.07) is 0. The summed E-state index contributed by atoms with van der Waals surface area (Å²) < 4.78 is 3.92. The highest BCUT2D eigenvalue weighted by molar-refractivity contribution is 6.54. The molecular weight excluding hydrogens is 211 g/mol. The molecule has 0 aromatic heterocycles. The summed E-state index contributed by atoms with van der Waals surface area (Å²) in [5.41, 5.74) is -1.20. The summed E-state index contributed by atoms with van der Waals surface area (Å²) in [4.78, 5) is 11.6.